The van der Waals surface area contributed by atoms with E-state index in [2.05, 4.69) is 18.7 Å². The van der Waals surface area contributed by atoms with Crippen molar-refractivity contribution in [1.29, 1.82) is 0 Å². The van der Waals surface area contributed by atoms with Crippen molar-refractivity contribution in [3.05, 3.63) is 0 Å². The van der Waals surface area contributed by atoms with Gasteiger partial charge in [-0.05, 0) is 50.1 Å². The molecule has 2 heteroatoms. The molecule has 106 valence electrons. The fourth-order valence-corrected chi connectivity index (χ4v) is 4.27. The quantitative estimate of drug-likeness (QED) is 0.812. The lowest BCUT2D eigenvalue weighted by molar-refractivity contribution is 0.0488. The Hall–Kier alpha value is -0.0800. The van der Waals surface area contributed by atoms with Crippen LogP contribution in [0.1, 0.15) is 65.2 Å². The summed E-state index contributed by atoms with van der Waals surface area (Å²) in [5, 5.41) is 0. The average molecular weight is 252 g/mol. The largest absolute Gasteiger partial charge is 0.329 e. The molecule has 1 saturated carbocycles. The first-order valence-electron chi connectivity index (χ1n) is 8.19. The maximum absolute atomic E-state index is 6.07. The van der Waals surface area contributed by atoms with Crippen molar-refractivity contribution in [2.75, 3.05) is 19.6 Å². The molecule has 1 aliphatic carbocycles. The number of hydrogen-bond acceptors (Lipinski definition) is 2. The topological polar surface area (TPSA) is 29.3 Å². The highest BCUT2D eigenvalue weighted by Gasteiger charge is 2.36. The zero-order chi connectivity index (χ0) is 13.0. The Bertz CT molecular complexity index is 231. The summed E-state index contributed by atoms with van der Waals surface area (Å²) in [7, 11) is 0. The van der Waals surface area contributed by atoms with E-state index in [9.17, 15) is 0 Å². The third-order valence-corrected chi connectivity index (χ3v) is 6.01. The minimum atomic E-state index is 0.644. The molecular formula is C16H32N2. The molecule has 2 rings (SSSR count). The van der Waals surface area contributed by atoms with Gasteiger partial charge in [0.2, 0.25) is 0 Å². The summed E-state index contributed by atoms with van der Waals surface area (Å²) >= 11 is 0. The second-order valence-corrected chi connectivity index (χ2v) is 6.59. The highest BCUT2D eigenvalue weighted by Crippen LogP contribution is 2.40. The lowest BCUT2D eigenvalue weighted by atomic mass is 9.73. The van der Waals surface area contributed by atoms with Crippen molar-refractivity contribution in [2.24, 2.45) is 17.1 Å². The first kappa shape index (κ1) is 14.3. The van der Waals surface area contributed by atoms with Crippen LogP contribution in [0.4, 0.5) is 0 Å². The van der Waals surface area contributed by atoms with Crippen LogP contribution >= 0.6 is 0 Å². The molecule has 0 bridgehead atoms. The minimum Gasteiger partial charge on any atom is -0.329 e. The molecule has 0 radical (unpaired) electrons. The van der Waals surface area contributed by atoms with E-state index in [1.165, 1.54) is 64.5 Å². The van der Waals surface area contributed by atoms with E-state index in [-0.39, 0.29) is 0 Å². The van der Waals surface area contributed by atoms with E-state index in [0.29, 0.717) is 11.5 Å². The summed E-state index contributed by atoms with van der Waals surface area (Å²) in [5.41, 5.74) is 6.72. The maximum Gasteiger partial charge on any atom is 0.0246 e. The predicted molar refractivity (Wildman–Crippen MR) is 78.6 cm³/mol. The molecule has 2 fully saturated rings. The Morgan fingerprint density at radius 1 is 1.11 bits per heavy atom. The first-order chi connectivity index (χ1) is 8.74. The average Bonchev–Trinajstić information content (AvgIpc) is 2.95. The molecule has 0 spiro atoms. The van der Waals surface area contributed by atoms with Crippen LogP contribution in [0.3, 0.4) is 0 Å². The lowest BCUT2D eigenvalue weighted by Gasteiger charge is -2.45. The number of likely N-dealkylation sites (tertiary alicyclic amines) is 1. The monoisotopic (exact) mass is 252 g/mol. The Morgan fingerprint density at radius 2 is 1.67 bits per heavy atom. The van der Waals surface area contributed by atoms with Crippen LogP contribution in [0.15, 0.2) is 0 Å². The maximum atomic E-state index is 6.07. The summed E-state index contributed by atoms with van der Waals surface area (Å²) in [6, 6.07) is 0.680. The van der Waals surface area contributed by atoms with Gasteiger partial charge in [-0.1, -0.05) is 39.5 Å². The summed E-state index contributed by atoms with van der Waals surface area (Å²) in [4.78, 5) is 2.72. The van der Waals surface area contributed by atoms with E-state index in [1.54, 1.807) is 0 Å². The standard InChI is InChI=1S/C16H32N2/c1-3-16(4-2)9-11-18(12-10-16)15(13-17)14-7-5-6-8-14/h14-15H,3-13,17H2,1-2H3. The van der Waals surface area contributed by atoms with Gasteiger partial charge in [-0.25, -0.2) is 0 Å². The van der Waals surface area contributed by atoms with E-state index < -0.39 is 0 Å². The molecule has 2 N–H and O–H groups in total. The van der Waals surface area contributed by atoms with Crippen LogP contribution in [-0.4, -0.2) is 30.6 Å². The van der Waals surface area contributed by atoms with E-state index in [0.717, 1.165) is 12.5 Å². The molecule has 0 aromatic rings. The number of rotatable bonds is 5. The Balaban J connectivity index is 1.90. The molecule has 1 heterocycles. The molecule has 0 amide bonds. The third-order valence-electron chi connectivity index (χ3n) is 6.01. The van der Waals surface area contributed by atoms with E-state index in [4.69, 9.17) is 5.73 Å². The van der Waals surface area contributed by atoms with Crippen LogP contribution in [0.2, 0.25) is 0 Å². The number of piperidine rings is 1. The van der Waals surface area contributed by atoms with E-state index in [1.807, 2.05) is 0 Å². The predicted octanol–water partition coefficient (Wildman–Crippen LogP) is 3.41. The van der Waals surface area contributed by atoms with Gasteiger partial charge < -0.3 is 5.73 Å². The smallest absolute Gasteiger partial charge is 0.0246 e. The highest BCUT2D eigenvalue weighted by atomic mass is 15.2. The second-order valence-electron chi connectivity index (χ2n) is 6.59. The molecule has 0 aromatic heterocycles. The summed E-state index contributed by atoms with van der Waals surface area (Å²) < 4.78 is 0. The Kier molecular flexibility index (Phi) is 5.08. The van der Waals surface area contributed by atoms with E-state index >= 15 is 0 Å². The van der Waals surface area contributed by atoms with Gasteiger partial charge in [-0.2, -0.15) is 0 Å². The summed E-state index contributed by atoms with van der Waals surface area (Å²) in [6.07, 6.45) is 11.2. The molecule has 18 heavy (non-hydrogen) atoms. The van der Waals surface area contributed by atoms with Gasteiger partial charge in [-0.15, -0.1) is 0 Å². The third kappa shape index (κ3) is 2.91. The molecule has 1 atom stereocenters. The van der Waals surface area contributed by atoms with Crippen molar-refractivity contribution in [3.63, 3.8) is 0 Å². The van der Waals surface area contributed by atoms with Crippen molar-refractivity contribution in [1.82, 2.24) is 4.90 Å². The normalized spacial score (nSPS) is 27.5. The van der Waals surface area contributed by atoms with Gasteiger partial charge in [0.1, 0.15) is 0 Å². The van der Waals surface area contributed by atoms with Crippen LogP contribution in [-0.2, 0) is 0 Å². The van der Waals surface area contributed by atoms with Gasteiger partial charge in [0.25, 0.3) is 0 Å². The zero-order valence-corrected chi connectivity index (χ0v) is 12.5. The molecule has 1 aliphatic heterocycles. The molecule has 1 saturated heterocycles. The number of nitrogens with two attached hydrogens (primary N) is 1. The van der Waals surface area contributed by atoms with Crippen LogP contribution in [0.25, 0.3) is 0 Å². The Labute approximate surface area is 113 Å². The molecule has 2 aliphatic rings. The van der Waals surface area contributed by atoms with Gasteiger partial charge in [0.15, 0.2) is 0 Å². The van der Waals surface area contributed by atoms with Crippen LogP contribution in [0, 0.1) is 11.3 Å². The van der Waals surface area contributed by atoms with Gasteiger partial charge in [-0.3, -0.25) is 4.90 Å². The minimum absolute atomic E-state index is 0.644. The summed E-state index contributed by atoms with van der Waals surface area (Å²) in [5.74, 6) is 0.894. The molecule has 1 unspecified atom stereocenters. The van der Waals surface area contributed by atoms with Gasteiger partial charge >= 0.3 is 0 Å². The fourth-order valence-electron chi connectivity index (χ4n) is 4.27. The van der Waals surface area contributed by atoms with Gasteiger partial charge in [0.05, 0.1) is 0 Å². The molecular weight excluding hydrogens is 220 g/mol. The second kappa shape index (κ2) is 6.38. The van der Waals surface area contributed by atoms with Crippen molar-refractivity contribution in [3.8, 4) is 0 Å². The molecule has 0 aromatic carbocycles. The van der Waals surface area contributed by atoms with Crippen molar-refractivity contribution < 1.29 is 0 Å². The van der Waals surface area contributed by atoms with Crippen molar-refractivity contribution >= 4 is 0 Å². The lowest BCUT2D eigenvalue weighted by Crippen LogP contribution is -2.50. The van der Waals surface area contributed by atoms with Crippen molar-refractivity contribution in [2.45, 2.75) is 71.3 Å². The number of nitrogens with zero attached hydrogens (tertiary/aromatic N) is 1. The van der Waals surface area contributed by atoms with Crippen LogP contribution < -0.4 is 5.73 Å². The molecule has 2 nitrogen and oxygen atoms in total. The van der Waals surface area contributed by atoms with Crippen LogP contribution in [0.5, 0.6) is 0 Å². The fraction of sp³-hybridized carbons (Fsp3) is 1.00. The zero-order valence-electron chi connectivity index (χ0n) is 12.5. The Morgan fingerprint density at radius 3 is 2.11 bits per heavy atom. The first-order valence-corrected chi connectivity index (χ1v) is 8.19. The number of hydrogen-bond donors (Lipinski definition) is 1. The highest BCUT2D eigenvalue weighted by molar-refractivity contribution is 4.90. The SMILES string of the molecule is CCC1(CC)CCN(C(CN)C2CCCC2)CC1. The van der Waals surface area contributed by atoms with Gasteiger partial charge in [0, 0.05) is 12.6 Å². The summed E-state index contributed by atoms with van der Waals surface area (Å²) in [6.45, 7) is 8.20.